The Hall–Kier alpha value is -2.78. The summed E-state index contributed by atoms with van der Waals surface area (Å²) < 4.78 is 5.87. The van der Waals surface area contributed by atoms with Crippen LogP contribution in [0.2, 0.25) is 5.02 Å². The van der Waals surface area contributed by atoms with Crippen molar-refractivity contribution >= 4 is 23.2 Å². The number of amides is 1. The fourth-order valence-corrected chi connectivity index (χ4v) is 2.86. The Balaban J connectivity index is 1.76. The van der Waals surface area contributed by atoms with E-state index in [1.165, 1.54) is 5.56 Å². The summed E-state index contributed by atoms with van der Waals surface area (Å²) in [6.07, 6.45) is 0. The van der Waals surface area contributed by atoms with Crippen LogP contribution in [-0.2, 0) is 6.61 Å². The van der Waals surface area contributed by atoms with Crippen molar-refractivity contribution in [3.05, 3.63) is 94.5 Å². The van der Waals surface area contributed by atoms with Gasteiger partial charge in [0, 0.05) is 10.7 Å². The Morgan fingerprint density at radius 1 is 1.00 bits per heavy atom. The molecule has 0 bridgehead atoms. The van der Waals surface area contributed by atoms with Crippen LogP contribution in [0.4, 0.5) is 5.69 Å². The van der Waals surface area contributed by atoms with E-state index < -0.39 is 0 Å². The minimum Gasteiger partial charge on any atom is -0.488 e. The van der Waals surface area contributed by atoms with Crippen molar-refractivity contribution in [1.82, 2.24) is 0 Å². The topological polar surface area (TPSA) is 38.3 Å². The molecule has 0 aromatic heterocycles. The molecule has 0 heterocycles. The summed E-state index contributed by atoms with van der Waals surface area (Å²) in [5, 5.41) is 3.40. The van der Waals surface area contributed by atoms with Gasteiger partial charge in [-0.2, -0.15) is 0 Å². The van der Waals surface area contributed by atoms with Crippen LogP contribution < -0.4 is 10.1 Å². The highest BCUT2D eigenvalue weighted by Gasteiger charge is 2.14. The van der Waals surface area contributed by atoms with E-state index in [4.69, 9.17) is 16.3 Å². The summed E-state index contributed by atoms with van der Waals surface area (Å²) in [7, 11) is 0. The summed E-state index contributed by atoms with van der Waals surface area (Å²) in [6.45, 7) is 4.65. The van der Waals surface area contributed by atoms with Gasteiger partial charge in [0.25, 0.3) is 5.91 Å². The SMILES string of the molecule is CC(C)c1ccc(NC(=O)c2cc(Cl)ccc2OCc2ccccc2)cc1. The first kappa shape index (κ1) is 19.0. The first-order valence-corrected chi connectivity index (χ1v) is 9.28. The first-order valence-electron chi connectivity index (χ1n) is 8.90. The van der Waals surface area contributed by atoms with Crippen LogP contribution in [0.3, 0.4) is 0 Å². The lowest BCUT2D eigenvalue weighted by Gasteiger charge is -2.13. The molecule has 0 spiro atoms. The van der Waals surface area contributed by atoms with Crippen molar-refractivity contribution in [3.8, 4) is 5.75 Å². The van der Waals surface area contributed by atoms with E-state index in [9.17, 15) is 4.79 Å². The molecule has 1 N–H and O–H groups in total. The zero-order valence-corrected chi connectivity index (χ0v) is 16.2. The molecule has 0 aliphatic heterocycles. The molecule has 0 fully saturated rings. The van der Waals surface area contributed by atoms with E-state index in [0.717, 1.165) is 11.3 Å². The van der Waals surface area contributed by atoms with Crippen molar-refractivity contribution < 1.29 is 9.53 Å². The molecule has 4 heteroatoms. The quantitative estimate of drug-likeness (QED) is 0.546. The van der Waals surface area contributed by atoms with Crippen molar-refractivity contribution in [2.45, 2.75) is 26.4 Å². The maximum Gasteiger partial charge on any atom is 0.259 e. The highest BCUT2D eigenvalue weighted by atomic mass is 35.5. The summed E-state index contributed by atoms with van der Waals surface area (Å²) in [4.78, 5) is 12.8. The third-order valence-electron chi connectivity index (χ3n) is 4.26. The number of hydrogen-bond acceptors (Lipinski definition) is 2. The standard InChI is InChI=1S/C23H22ClNO2/c1-16(2)18-8-11-20(12-9-18)25-23(26)21-14-19(24)10-13-22(21)27-15-17-6-4-3-5-7-17/h3-14,16H,15H2,1-2H3,(H,25,26). The Labute approximate surface area is 164 Å². The third-order valence-corrected chi connectivity index (χ3v) is 4.49. The van der Waals surface area contributed by atoms with Gasteiger partial charge in [0.05, 0.1) is 5.56 Å². The van der Waals surface area contributed by atoms with Crippen molar-refractivity contribution in [1.29, 1.82) is 0 Å². The number of anilines is 1. The molecule has 3 nitrogen and oxygen atoms in total. The van der Waals surface area contributed by atoms with Gasteiger partial charge >= 0.3 is 0 Å². The predicted molar refractivity (Wildman–Crippen MR) is 111 cm³/mol. The lowest BCUT2D eigenvalue weighted by molar-refractivity contribution is 0.102. The number of halogens is 1. The summed E-state index contributed by atoms with van der Waals surface area (Å²) in [5.74, 6) is 0.693. The van der Waals surface area contributed by atoms with Gasteiger partial charge in [-0.05, 0) is 47.4 Å². The molecule has 3 rings (SSSR count). The number of benzene rings is 3. The van der Waals surface area contributed by atoms with Crippen LogP contribution >= 0.6 is 11.6 Å². The van der Waals surface area contributed by atoms with Crippen LogP contribution in [-0.4, -0.2) is 5.91 Å². The molecule has 138 valence electrons. The maximum absolute atomic E-state index is 12.8. The number of nitrogens with one attached hydrogen (secondary N) is 1. The summed E-state index contributed by atoms with van der Waals surface area (Å²) in [6, 6.07) is 22.7. The lowest BCUT2D eigenvalue weighted by Crippen LogP contribution is -2.14. The Bertz CT molecular complexity index is 905. The number of carbonyl (C=O) groups is 1. The molecule has 0 saturated heterocycles. The molecule has 0 aliphatic rings. The van der Waals surface area contributed by atoms with Gasteiger partial charge in [0.2, 0.25) is 0 Å². The minimum absolute atomic E-state index is 0.252. The van der Waals surface area contributed by atoms with Gasteiger partial charge in [-0.3, -0.25) is 4.79 Å². The van der Waals surface area contributed by atoms with Crippen LogP contribution in [0.15, 0.2) is 72.8 Å². The van der Waals surface area contributed by atoms with E-state index >= 15 is 0 Å². The number of carbonyl (C=O) groups excluding carboxylic acids is 1. The normalized spacial score (nSPS) is 10.7. The number of hydrogen-bond donors (Lipinski definition) is 1. The van der Waals surface area contributed by atoms with Crippen LogP contribution in [0.5, 0.6) is 5.75 Å². The monoisotopic (exact) mass is 379 g/mol. The van der Waals surface area contributed by atoms with Crippen molar-refractivity contribution in [3.63, 3.8) is 0 Å². The maximum atomic E-state index is 12.8. The fourth-order valence-electron chi connectivity index (χ4n) is 2.69. The van der Waals surface area contributed by atoms with Gasteiger partial charge in [0.1, 0.15) is 12.4 Å². The van der Waals surface area contributed by atoms with E-state index in [1.807, 2.05) is 54.6 Å². The van der Waals surface area contributed by atoms with E-state index in [0.29, 0.717) is 28.9 Å². The first-order chi connectivity index (χ1) is 13.0. The average Bonchev–Trinajstić information content (AvgIpc) is 2.68. The molecule has 3 aromatic rings. The Morgan fingerprint density at radius 3 is 2.37 bits per heavy atom. The lowest BCUT2D eigenvalue weighted by atomic mass is 10.0. The van der Waals surface area contributed by atoms with Gasteiger partial charge in [0.15, 0.2) is 0 Å². The van der Waals surface area contributed by atoms with E-state index in [2.05, 4.69) is 19.2 Å². The van der Waals surface area contributed by atoms with Gasteiger partial charge in [-0.25, -0.2) is 0 Å². The Kier molecular flexibility index (Phi) is 6.15. The van der Waals surface area contributed by atoms with Crippen molar-refractivity contribution in [2.24, 2.45) is 0 Å². The zero-order chi connectivity index (χ0) is 19.2. The van der Waals surface area contributed by atoms with Crippen LogP contribution in [0.1, 0.15) is 41.3 Å². The highest BCUT2D eigenvalue weighted by Crippen LogP contribution is 2.25. The molecular weight excluding hydrogens is 358 g/mol. The molecule has 3 aromatic carbocycles. The summed E-state index contributed by atoms with van der Waals surface area (Å²) >= 11 is 6.10. The zero-order valence-electron chi connectivity index (χ0n) is 15.4. The third kappa shape index (κ3) is 5.11. The molecule has 0 atom stereocenters. The van der Waals surface area contributed by atoms with Gasteiger partial charge in [-0.1, -0.05) is 67.9 Å². The second-order valence-corrected chi connectivity index (χ2v) is 7.08. The molecular formula is C23H22ClNO2. The molecule has 27 heavy (non-hydrogen) atoms. The van der Waals surface area contributed by atoms with E-state index in [1.54, 1.807) is 18.2 Å². The van der Waals surface area contributed by atoms with Crippen LogP contribution in [0.25, 0.3) is 0 Å². The fraction of sp³-hybridized carbons (Fsp3) is 0.174. The predicted octanol–water partition coefficient (Wildman–Crippen LogP) is 6.29. The molecule has 0 unspecified atom stereocenters. The molecule has 0 radical (unpaired) electrons. The van der Waals surface area contributed by atoms with Crippen molar-refractivity contribution in [2.75, 3.05) is 5.32 Å². The van der Waals surface area contributed by atoms with E-state index in [-0.39, 0.29) is 5.91 Å². The number of ether oxygens (including phenoxy) is 1. The average molecular weight is 380 g/mol. The molecule has 1 amide bonds. The molecule has 0 aliphatic carbocycles. The number of rotatable bonds is 6. The smallest absolute Gasteiger partial charge is 0.259 e. The van der Waals surface area contributed by atoms with Gasteiger partial charge < -0.3 is 10.1 Å². The molecule has 0 saturated carbocycles. The highest BCUT2D eigenvalue weighted by molar-refractivity contribution is 6.31. The van der Waals surface area contributed by atoms with Crippen LogP contribution in [0, 0.1) is 0 Å². The Morgan fingerprint density at radius 2 is 1.70 bits per heavy atom. The largest absolute Gasteiger partial charge is 0.488 e. The summed E-state index contributed by atoms with van der Waals surface area (Å²) in [5.41, 5.74) is 3.40. The minimum atomic E-state index is -0.252. The second-order valence-electron chi connectivity index (χ2n) is 6.65. The van der Waals surface area contributed by atoms with Gasteiger partial charge in [-0.15, -0.1) is 0 Å². The second kappa shape index (κ2) is 8.74.